The fraction of sp³-hybridized carbons (Fsp3) is 0.314. The fourth-order valence-corrected chi connectivity index (χ4v) is 4.74. The Morgan fingerprint density at radius 2 is 1.24 bits per heavy atom. The van der Waals surface area contributed by atoms with E-state index in [2.05, 4.69) is 23.6 Å². The molecule has 0 aromatic heterocycles. The standard InChI is InChI=1S/C20H22F3NO.C15H17NO/c1-12(2)16-6-5-7-17(13(3)4)18(16)24-19(25)14-8-10-15(11-9-14)20(21,22)23;1-11-7-6-8-12(2)14(11)16-15(17)13-9-4-3-5-10-13/h5-13H,1-4H3,(H,24,25);3-5,7,9-10H,6,8H2,1-2H3,(H,16,17). The highest BCUT2D eigenvalue weighted by Gasteiger charge is 2.30. The molecular formula is C35H39F3N2O2. The number of carbonyl (C=O) groups excluding carboxylic acids is 2. The van der Waals surface area contributed by atoms with E-state index in [1.165, 1.54) is 17.7 Å². The van der Waals surface area contributed by atoms with Crippen molar-refractivity contribution in [2.75, 3.05) is 5.32 Å². The zero-order valence-electron chi connectivity index (χ0n) is 25.0. The smallest absolute Gasteiger partial charge is 0.322 e. The van der Waals surface area contributed by atoms with E-state index in [1.807, 2.05) is 83.1 Å². The van der Waals surface area contributed by atoms with Crippen molar-refractivity contribution in [1.82, 2.24) is 5.32 Å². The molecule has 4 nitrogen and oxygen atoms in total. The van der Waals surface area contributed by atoms with Gasteiger partial charge in [-0.15, -0.1) is 0 Å². The Morgan fingerprint density at radius 3 is 1.74 bits per heavy atom. The average molecular weight is 577 g/mol. The van der Waals surface area contributed by atoms with E-state index in [0.29, 0.717) is 5.56 Å². The van der Waals surface area contributed by atoms with E-state index in [0.717, 1.165) is 53.1 Å². The van der Waals surface area contributed by atoms with Crippen LogP contribution in [0.4, 0.5) is 18.9 Å². The molecule has 0 bridgehead atoms. The Bertz CT molecular complexity index is 1430. The average Bonchev–Trinajstić information content (AvgIpc) is 2.95. The number of halogens is 3. The Hall–Kier alpha value is -4.13. The van der Waals surface area contributed by atoms with Crippen LogP contribution in [-0.4, -0.2) is 11.8 Å². The number of anilines is 1. The summed E-state index contributed by atoms with van der Waals surface area (Å²) in [7, 11) is 0. The molecule has 0 aliphatic heterocycles. The van der Waals surface area contributed by atoms with E-state index in [4.69, 9.17) is 0 Å². The van der Waals surface area contributed by atoms with Gasteiger partial charge in [0.1, 0.15) is 0 Å². The molecule has 1 aliphatic carbocycles. The van der Waals surface area contributed by atoms with E-state index in [9.17, 15) is 22.8 Å². The molecule has 0 radical (unpaired) electrons. The lowest BCUT2D eigenvalue weighted by Crippen LogP contribution is -2.25. The van der Waals surface area contributed by atoms with Crippen LogP contribution >= 0.6 is 0 Å². The second-order valence-electron chi connectivity index (χ2n) is 11.1. The summed E-state index contributed by atoms with van der Waals surface area (Å²) < 4.78 is 38.0. The van der Waals surface area contributed by atoms with Gasteiger partial charge in [-0.05, 0) is 97.2 Å². The van der Waals surface area contributed by atoms with Gasteiger partial charge in [-0.3, -0.25) is 9.59 Å². The van der Waals surface area contributed by atoms with Gasteiger partial charge in [-0.25, -0.2) is 0 Å². The molecule has 0 spiro atoms. The minimum absolute atomic E-state index is 0.0328. The second kappa shape index (κ2) is 14.2. The number of alkyl halides is 3. The Morgan fingerprint density at radius 1 is 0.714 bits per heavy atom. The van der Waals surface area contributed by atoms with Gasteiger partial charge in [-0.1, -0.05) is 70.2 Å². The molecule has 0 atom stereocenters. The van der Waals surface area contributed by atoms with Crippen molar-refractivity contribution in [1.29, 1.82) is 0 Å². The van der Waals surface area contributed by atoms with Crippen LogP contribution in [0.1, 0.15) is 104 Å². The van der Waals surface area contributed by atoms with Crippen LogP contribution in [0, 0.1) is 0 Å². The topological polar surface area (TPSA) is 58.2 Å². The molecule has 0 saturated carbocycles. The maximum absolute atomic E-state index is 12.7. The van der Waals surface area contributed by atoms with E-state index in [1.54, 1.807) is 0 Å². The molecule has 0 fully saturated rings. The summed E-state index contributed by atoms with van der Waals surface area (Å²) in [4.78, 5) is 24.6. The monoisotopic (exact) mass is 576 g/mol. The maximum atomic E-state index is 12.7. The third-order valence-corrected chi connectivity index (χ3v) is 7.15. The molecule has 3 aromatic rings. The van der Waals surface area contributed by atoms with E-state index < -0.39 is 17.6 Å². The lowest BCUT2D eigenvalue weighted by Gasteiger charge is -2.20. The summed E-state index contributed by atoms with van der Waals surface area (Å²) in [5.74, 6) is -0.0264. The number of benzene rings is 3. The van der Waals surface area contributed by atoms with Crippen molar-refractivity contribution in [2.45, 2.75) is 72.4 Å². The number of para-hydroxylation sites is 1. The number of amides is 2. The number of nitrogens with one attached hydrogen (secondary N) is 2. The SMILES string of the molecule is CC(C)c1cccc(C(C)C)c1NC(=O)c1ccc(C(F)(F)F)cc1.CC1=CCCC(C)=C1NC(=O)c1ccccc1. The van der Waals surface area contributed by atoms with E-state index >= 15 is 0 Å². The Kier molecular flexibility index (Phi) is 10.9. The largest absolute Gasteiger partial charge is 0.416 e. The van der Waals surface area contributed by atoms with Gasteiger partial charge < -0.3 is 10.6 Å². The molecule has 7 heteroatoms. The first-order chi connectivity index (χ1) is 19.8. The van der Waals surface area contributed by atoms with Crippen LogP contribution in [0.5, 0.6) is 0 Å². The summed E-state index contributed by atoms with van der Waals surface area (Å²) in [5.41, 5.74) is 6.30. The van der Waals surface area contributed by atoms with Crippen LogP contribution in [0.2, 0.25) is 0 Å². The maximum Gasteiger partial charge on any atom is 0.416 e. The van der Waals surface area contributed by atoms with Crippen LogP contribution in [0.3, 0.4) is 0 Å². The first kappa shape index (κ1) is 32.4. The molecule has 0 unspecified atom stereocenters. The van der Waals surface area contributed by atoms with Gasteiger partial charge in [-0.2, -0.15) is 13.2 Å². The van der Waals surface area contributed by atoms with Gasteiger partial charge in [0.2, 0.25) is 0 Å². The third kappa shape index (κ3) is 8.44. The minimum atomic E-state index is -4.41. The molecular weight excluding hydrogens is 537 g/mol. The lowest BCUT2D eigenvalue weighted by molar-refractivity contribution is -0.137. The predicted octanol–water partition coefficient (Wildman–Crippen LogP) is 9.63. The molecule has 1 aliphatic rings. The van der Waals surface area contributed by atoms with Crippen LogP contribution in [0.15, 0.2) is 95.7 Å². The van der Waals surface area contributed by atoms with Gasteiger partial charge in [0.15, 0.2) is 0 Å². The van der Waals surface area contributed by atoms with Crippen molar-refractivity contribution < 1.29 is 22.8 Å². The van der Waals surface area contributed by atoms with Crippen molar-refractivity contribution in [3.05, 3.63) is 124 Å². The number of carbonyl (C=O) groups is 2. The van der Waals surface area contributed by atoms with Gasteiger partial charge in [0.05, 0.1) is 5.56 Å². The normalized spacial score (nSPS) is 13.4. The van der Waals surface area contributed by atoms with Crippen molar-refractivity contribution >= 4 is 17.5 Å². The van der Waals surface area contributed by atoms with Gasteiger partial charge in [0.25, 0.3) is 11.8 Å². The van der Waals surface area contributed by atoms with Crippen LogP contribution in [-0.2, 0) is 6.18 Å². The van der Waals surface area contributed by atoms with Gasteiger partial charge >= 0.3 is 6.18 Å². The Balaban J connectivity index is 0.000000247. The number of hydrogen-bond acceptors (Lipinski definition) is 2. The van der Waals surface area contributed by atoms with Gasteiger partial charge in [0, 0.05) is 22.5 Å². The van der Waals surface area contributed by atoms with E-state index in [-0.39, 0.29) is 23.3 Å². The highest BCUT2D eigenvalue weighted by Crippen LogP contribution is 2.33. The minimum Gasteiger partial charge on any atom is -0.322 e. The summed E-state index contributed by atoms with van der Waals surface area (Å²) in [6, 6.07) is 19.4. The summed E-state index contributed by atoms with van der Waals surface area (Å²) in [6.07, 6.45) is -0.137. The Labute approximate surface area is 246 Å². The molecule has 0 heterocycles. The van der Waals surface area contributed by atoms with Crippen molar-refractivity contribution in [3.63, 3.8) is 0 Å². The quantitative estimate of drug-likeness (QED) is 0.307. The van der Waals surface area contributed by atoms with Crippen molar-refractivity contribution in [2.24, 2.45) is 0 Å². The summed E-state index contributed by atoms with van der Waals surface area (Å²) >= 11 is 0. The molecule has 2 N–H and O–H groups in total. The van der Waals surface area contributed by atoms with Crippen molar-refractivity contribution in [3.8, 4) is 0 Å². The predicted molar refractivity (Wildman–Crippen MR) is 164 cm³/mol. The number of allylic oxidation sites excluding steroid dienone is 3. The summed E-state index contributed by atoms with van der Waals surface area (Å²) in [5, 5.41) is 5.90. The second-order valence-corrected chi connectivity index (χ2v) is 11.1. The number of rotatable bonds is 6. The molecule has 4 rings (SSSR count). The first-order valence-corrected chi connectivity index (χ1v) is 14.1. The first-order valence-electron chi connectivity index (χ1n) is 14.1. The summed E-state index contributed by atoms with van der Waals surface area (Å²) in [6.45, 7) is 12.3. The lowest BCUT2D eigenvalue weighted by atomic mass is 9.92. The molecule has 2 amide bonds. The molecule has 3 aromatic carbocycles. The highest BCUT2D eigenvalue weighted by molar-refractivity contribution is 6.05. The molecule has 42 heavy (non-hydrogen) atoms. The third-order valence-electron chi connectivity index (χ3n) is 7.15. The number of hydrogen-bond donors (Lipinski definition) is 2. The zero-order valence-corrected chi connectivity index (χ0v) is 25.0. The highest BCUT2D eigenvalue weighted by atomic mass is 19.4. The molecule has 0 saturated heterocycles. The van der Waals surface area contributed by atoms with Crippen LogP contribution < -0.4 is 10.6 Å². The zero-order chi connectivity index (χ0) is 31.0. The fourth-order valence-electron chi connectivity index (χ4n) is 4.74. The molecule has 222 valence electrons. The van der Waals surface area contributed by atoms with Crippen LogP contribution in [0.25, 0.3) is 0 Å².